The van der Waals surface area contributed by atoms with Crippen LogP contribution in [-0.2, 0) is 6.54 Å². The summed E-state index contributed by atoms with van der Waals surface area (Å²) in [5.41, 5.74) is 2.66. The Balaban J connectivity index is 2.21. The quantitative estimate of drug-likeness (QED) is 0.743. The smallest absolute Gasteiger partial charge is 0.0432 e. The number of hydrogen-bond donors (Lipinski definition) is 0. The third-order valence-electron chi connectivity index (χ3n) is 3.41. The molecule has 0 aliphatic rings. The van der Waals surface area contributed by atoms with Gasteiger partial charge in [0.05, 0.1) is 0 Å². The zero-order valence-electron chi connectivity index (χ0n) is 11.2. The van der Waals surface area contributed by atoms with Gasteiger partial charge < -0.3 is 4.90 Å². The second-order valence-corrected chi connectivity index (χ2v) is 4.71. The van der Waals surface area contributed by atoms with E-state index in [1.165, 1.54) is 11.3 Å². The number of rotatable bonds is 5. The molecule has 94 valence electrons. The van der Waals surface area contributed by atoms with Gasteiger partial charge >= 0.3 is 0 Å². The SMILES string of the molecule is CCC(C)N(Cc1ccccc1)c1ccccc1. The van der Waals surface area contributed by atoms with Crippen molar-refractivity contribution in [2.45, 2.75) is 32.9 Å². The molecule has 1 heteroatoms. The van der Waals surface area contributed by atoms with Gasteiger partial charge in [0.15, 0.2) is 0 Å². The Morgan fingerprint density at radius 3 is 2.00 bits per heavy atom. The average molecular weight is 239 g/mol. The molecule has 1 nitrogen and oxygen atoms in total. The second-order valence-electron chi connectivity index (χ2n) is 4.71. The van der Waals surface area contributed by atoms with Crippen LogP contribution in [0, 0.1) is 0 Å². The molecule has 0 aromatic heterocycles. The minimum atomic E-state index is 0.549. The minimum Gasteiger partial charge on any atom is -0.365 e. The van der Waals surface area contributed by atoms with Crippen LogP contribution in [0.3, 0.4) is 0 Å². The first kappa shape index (κ1) is 12.7. The average Bonchev–Trinajstić information content (AvgIpc) is 2.46. The molecular formula is C17H21N. The summed E-state index contributed by atoms with van der Waals surface area (Å²) in [5.74, 6) is 0. The summed E-state index contributed by atoms with van der Waals surface area (Å²) >= 11 is 0. The van der Waals surface area contributed by atoms with Gasteiger partial charge in [-0.2, -0.15) is 0 Å². The van der Waals surface area contributed by atoms with Crippen LogP contribution in [0.2, 0.25) is 0 Å². The molecule has 0 fully saturated rings. The standard InChI is InChI=1S/C17H21N/c1-3-15(2)18(17-12-8-5-9-13-17)14-16-10-6-4-7-11-16/h4-13,15H,3,14H2,1-2H3. The molecule has 0 saturated carbocycles. The van der Waals surface area contributed by atoms with Gasteiger partial charge in [0, 0.05) is 18.3 Å². The Morgan fingerprint density at radius 2 is 1.44 bits per heavy atom. The highest BCUT2D eigenvalue weighted by molar-refractivity contribution is 5.47. The normalized spacial score (nSPS) is 12.1. The lowest BCUT2D eigenvalue weighted by molar-refractivity contribution is 0.614. The molecule has 2 aromatic carbocycles. The number of para-hydroxylation sites is 1. The van der Waals surface area contributed by atoms with E-state index in [-0.39, 0.29) is 0 Å². The van der Waals surface area contributed by atoms with Crippen LogP contribution in [0.1, 0.15) is 25.8 Å². The summed E-state index contributed by atoms with van der Waals surface area (Å²) in [7, 11) is 0. The summed E-state index contributed by atoms with van der Waals surface area (Å²) in [6.07, 6.45) is 1.15. The maximum Gasteiger partial charge on any atom is 0.0432 e. The van der Waals surface area contributed by atoms with E-state index in [2.05, 4.69) is 79.4 Å². The molecule has 0 N–H and O–H groups in total. The fourth-order valence-electron chi connectivity index (χ4n) is 2.12. The van der Waals surface area contributed by atoms with E-state index in [4.69, 9.17) is 0 Å². The zero-order chi connectivity index (χ0) is 12.8. The van der Waals surface area contributed by atoms with Crippen molar-refractivity contribution < 1.29 is 0 Å². The molecule has 0 spiro atoms. The number of benzene rings is 2. The van der Waals surface area contributed by atoms with E-state index in [1.54, 1.807) is 0 Å². The summed E-state index contributed by atoms with van der Waals surface area (Å²) in [5, 5.41) is 0. The third-order valence-corrected chi connectivity index (χ3v) is 3.41. The van der Waals surface area contributed by atoms with Crippen LogP contribution in [0.25, 0.3) is 0 Å². The van der Waals surface area contributed by atoms with E-state index >= 15 is 0 Å². The topological polar surface area (TPSA) is 3.24 Å². The van der Waals surface area contributed by atoms with Crippen molar-refractivity contribution in [2.24, 2.45) is 0 Å². The van der Waals surface area contributed by atoms with Crippen molar-refractivity contribution in [1.82, 2.24) is 0 Å². The molecule has 1 atom stereocenters. The van der Waals surface area contributed by atoms with Crippen molar-refractivity contribution in [2.75, 3.05) is 4.90 Å². The fraction of sp³-hybridized carbons (Fsp3) is 0.294. The third kappa shape index (κ3) is 3.13. The molecule has 0 bridgehead atoms. The van der Waals surface area contributed by atoms with Crippen LogP contribution in [-0.4, -0.2) is 6.04 Å². The van der Waals surface area contributed by atoms with Crippen LogP contribution in [0.15, 0.2) is 60.7 Å². The highest BCUT2D eigenvalue weighted by atomic mass is 15.2. The summed E-state index contributed by atoms with van der Waals surface area (Å²) < 4.78 is 0. The van der Waals surface area contributed by atoms with E-state index in [0.29, 0.717) is 6.04 Å². The van der Waals surface area contributed by atoms with Gasteiger partial charge in [0.25, 0.3) is 0 Å². The molecule has 0 amide bonds. The van der Waals surface area contributed by atoms with Crippen molar-refractivity contribution in [3.8, 4) is 0 Å². The molecule has 0 aliphatic heterocycles. The molecule has 18 heavy (non-hydrogen) atoms. The first-order valence-electron chi connectivity index (χ1n) is 6.67. The monoisotopic (exact) mass is 239 g/mol. The van der Waals surface area contributed by atoms with E-state index in [1.807, 2.05) is 0 Å². The number of nitrogens with zero attached hydrogens (tertiary/aromatic N) is 1. The minimum absolute atomic E-state index is 0.549. The molecule has 2 aromatic rings. The number of anilines is 1. The Labute approximate surface area is 110 Å². The molecule has 0 heterocycles. The van der Waals surface area contributed by atoms with E-state index < -0.39 is 0 Å². The van der Waals surface area contributed by atoms with Gasteiger partial charge in [0.1, 0.15) is 0 Å². The molecule has 1 unspecified atom stereocenters. The first-order chi connectivity index (χ1) is 8.81. The summed E-state index contributed by atoms with van der Waals surface area (Å²) in [4.78, 5) is 2.47. The second kappa shape index (κ2) is 6.25. The van der Waals surface area contributed by atoms with Crippen LogP contribution in [0.4, 0.5) is 5.69 Å². The van der Waals surface area contributed by atoms with Crippen LogP contribution in [0.5, 0.6) is 0 Å². The van der Waals surface area contributed by atoms with Gasteiger partial charge in [-0.15, -0.1) is 0 Å². The molecule has 0 radical (unpaired) electrons. The van der Waals surface area contributed by atoms with Gasteiger partial charge in [-0.25, -0.2) is 0 Å². The molecule has 0 saturated heterocycles. The lowest BCUT2D eigenvalue weighted by Gasteiger charge is -2.31. The maximum absolute atomic E-state index is 2.47. The molecule has 2 rings (SSSR count). The van der Waals surface area contributed by atoms with Crippen LogP contribution < -0.4 is 4.90 Å². The highest BCUT2D eigenvalue weighted by Gasteiger charge is 2.12. The maximum atomic E-state index is 2.47. The Hall–Kier alpha value is -1.76. The predicted octanol–water partition coefficient (Wildman–Crippen LogP) is 4.49. The van der Waals surface area contributed by atoms with Crippen molar-refractivity contribution in [3.63, 3.8) is 0 Å². The predicted molar refractivity (Wildman–Crippen MR) is 78.8 cm³/mol. The first-order valence-corrected chi connectivity index (χ1v) is 6.67. The van der Waals surface area contributed by atoms with Crippen molar-refractivity contribution in [3.05, 3.63) is 66.2 Å². The van der Waals surface area contributed by atoms with Gasteiger partial charge in [0.2, 0.25) is 0 Å². The van der Waals surface area contributed by atoms with Gasteiger partial charge in [-0.05, 0) is 31.0 Å². The van der Waals surface area contributed by atoms with Crippen molar-refractivity contribution >= 4 is 5.69 Å². The Morgan fingerprint density at radius 1 is 0.889 bits per heavy atom. The molecule has 0 aliphatic carbocycles. The summed E-state index contributed by atoms with van der Waals surface area (Å²) in [6, 6.07) is 21.9. The van der Waals surface area contributed by atoms with E-state index in [0.717, 1.165) is 13.0 Å². The molecular weight excluding hydrogens is 218 g/mol. The summed E-state index contributed by atoms with van der Waals surface area (Å²) in [6.45, 7) is 5.50. The van der Waals surface area contributed by atoms with Gasteiger partial charge in [-0.1, -0.05) is 55.5 Å². The Kier molecular flexibility index (Phi) is 4.40. The highest BCUT2D eigenvalue weighted by Crippen LogP contribution is 2.20. The number of hydrogen-bond acceptors (Lipinski definition) is 1. The zero-order valence-corrected chi connectivity index (χ0v) is 11.2. The fourth-order valence-corrected chi connectivity index (χ4v) is 2.12. The van der Waals surface area contributed by atoms with Crippen molar-refractivity contribution in [1.29, 1.82) is 0 Å². The Bertz CT molecular complexity index is 450. The van der Waals surface area contributed by atoms with Crippen LogP contribution >= 0.6 is 0 Å². The van der Waals surface area contributed by atoms with Gasteiger partial charge in [-0.3, -0.25) is 0 Å². The lowest BCUT2D eigenvalue weighted by atomic mass is 10.1. The lowest BCUT2D eigenvalue weighted by Crippen LogP contribution is -2.31. The largest absolute Gasteiger partial charge is 0.365 e. The van der Waals surface area contributed by atoms with E-state index in [9.17, 15) is 0 Å².